The number of hydrogen-bond donors (Lipinski definition) is 1. The van der Waals surface area contributed by atoms with Crippen LogP contribution < -0.4 is 0 Å². The van der Waals surface area contributed by atoms with Crippen LogP contribution in [0.5, 0.6) is 0 Å². The smallest absolute Gasteiger partial charge is 0.328 e. The first kappa shape index (κ1) is 10.4. The van der Waals surface area contributed by atoms with Crippen molar-refractivity contribution in [3.05, 3.63) is 48.2 Å². The molecule has 0 aliphatic carbocycles. The number of fused-ring (bicyclic) bond motifs is 1. The van der Waals surface area contributed by atoms with Crippen LogP contribution in [-0.2, 0) is 4.79 Å². The number of hydrogen-bond acceptors (Lipinski definition) is 2. The standard InChI is InChI=1S/C13H11NO2/c1-9(6-13(15)16)11-7-10-4-2-3-5-12(10)14-8-11/h2-8H,1H3,(H,15,16). The van der Waals surface area contributed by atoms with Gasteiger partial charge in [0.1, 0.15) is 0 Å². The Balaban J connectivity index is 2.51. The summed E-state index contributed by atoms with van der Waals surface area (Å²) in [5, 5.41) is 9.67. The van der Waals surface area contributed by atoms with Crippen LogP contribution in [0.4, 0.5) is 0 Å². The van der Waals surface area contributed by atoms with E-state index in [0.717, 1.165) is 16.5 Å². The highest BCUT2D eigenvalue weighted by Gasteiger charge is 2.01. The lowest BCUT2D eigenvalue weighted by atomic mass is 10.1. The van der Waals surface area contributed by atoms with Gasteiger partial charge in [0.05, 0.1) is 5.52 Å². The molecule has 0 radical (unpaired) electrons. The van der Waals surface area contributed by atoms with E-state index in [1.807, 2.05) is 30.3 Å². The summed E-state index contributed by atoms with van der Waals surface area (Å²) in [5.41, 5.74) is 2.45. The third kappa shape index (κ3) is 2.08. The summed E-state index contributed by atoms with van der Waals surface area (Å²) in [7, 11) is 0. The van der Waals surface area contributed by atoms with Gasteiger partial charge in [0.2, 0.25) is 0 Å². The van der Waals surface area contributed by atoms with Crippen molar-refractivity contribution in [3.63, 3.8) is 0 Å². The summed E-state index contributed by atoms with van der Waals surface area (Å²) in [6.45, 7) is 1.76. The number of carboxylic acid groups (broad SMARTS) is 1. The highest BCUT2D eigenvalue weighted by Crippen LogP contribution is 2.18. The summed E-state index contributed by atoms with van der Waals surface area (Å²) in [6.07, 6.45) is 2.88. The van der Waals surface area contributed by atoms with Crippen molar-refractivity contribution in [2.45, 2.75) is 6.92 Å². The predicted octanol–water partition coefficient (Wildman–Crippen LogP) is 2.72. The molecular weight excluding hydrogens is 202 g/mol. The van der Waals surface area contributed by atoms with Crippen molar-refractivity contribution in [2.75, 3.05) is 0 Å². The molecule has 1 heterocycles. The van der Waals surface area contributed by atoms with Gasteiger partial charge in [-0.1, -0.05) is 18.2 Å². The van der Waals surface area contributed by atoms with Crippen molar-refractivity contribution < 1.29 is 9.90 Å². The molecule has 0 fully saturated rings. The van der Waals surface area contributed by atoms with Gasteiger partial charge in [-0.25, -0.2) is 4.79 Å². The zero-order chi connectivity index (χ0) is 11.5. The number of benzene rings is 1. The van der Waals surface area contributed by atoms with Crippen LogP contribution >= 0.6 is 0 Å². The largest absolute Gasteiger partial charge is 0.478 e. The molecule has 3 nitrogen and oxygen atoms in total. The Bertz CT molecular complexity index is 573. The lowest BCUT2D eigenvalue weighted by Gasteiger charge is -2.02. The first-order valence-electron chi connectivity index (χ1n) is 4.93. The quantitative estimate of drug-likeness (QED) is 0.780. The molecule has 0 spiro atoms. The second-order valence-corrected chi connectivity index (χ2v) is 3.58. The van der Waals surface area contributed by atoms with E-state index in [4.69, 9.17) is 5.11 Å². The minimum absolute atomic E-state index is 0.700. The lowest BCUT2D eigenvalue weighted by molar-refractivity contribution is -0.131. The Morgan fingerprint density at radius 1 is 1.38 bits per heavy atom. The highest BCUT2D eigenvalue weighted by molar-refractivity contribution is 5.91. The van der Waals surface area contributed by atoms with Crippen molar-refractivity contribution in [2.24, 2.45) is 0 Å². The molecule has 0 aliphatic heterocycles. The average Bonchev–Trinajstić information content (AvgIpc) is 2.27. The van der Waals surface area contributed by atoms with Crippen molar-refractivity contribution in [3.8, 4) is 0 Å². The van der Waals surface area contributed by atoms with E-state index < -0.39 is 5.97 Å². The van der Waals surface area contributed by atoms with E-state index in [1.165, 1.54) is 6.08 Å². The van der Waals surface area contributed by atoms with E-state index in [-0.39, 0.29) is 0 Å². The van der Waals surface area contributed by atoms with Crippen LogP contribution in [-0.4, -0.2) is 16.1 Å². The van der Waals surface area contributed by atoms with Crippen molar-refractivity contribution in [1.82, 2.24) is 4.98 Å². The molecule has 0 aliphatic rings. The maximum atomic E-state index is 10.5. The van der Waals surface area contributed by atoms with E-state index in [2.05, 4.69) is 4.98 Å². The number of aliphatic carboxylic acids is 1. The fourth-order valence-corrected chi connectivity index (χ4v) is 1.56. The molecule has 0 saturated heterocycles. The molecule has 0 atom stereocenters. The molecule has 0 amide bonds. The van der Waals surface area contributed by atoms with Crippen molar-refractivity contribution in [1.29, 1.82) is 0 Å². The minimum Gasteiger partial charge on any atom is -0.478 e. The molecule has 1 aromatic heterocycles. The number of nitrogens with zero attached hydrogens (tertiary/aromatic N) is 1. The molecule has 0 saturated carbocycles. The minimum atomic E-state index is -0.939. The molecule has 3 heteroatoms. The van der Waals surface area contributed by atoms with Gasteiger partial charge in [-0.2, -0.15) is 0 Å². The zero-order valence-electron chi connectivity index (χ0n) is 8.84. The fraction of sp³-hybridized carbons (Fsp3) is 0.0769. The maximum absolute atomic E-state index is 10.5. The topological polar surface area (TPSA) is 50.2 Å². The van der Waals surface area contributed by atoms with Gasteiger partial charge >= 0.3 is 5.97 Å². The number of allylic oxidation sites excluding steroid dienone is 1. The zero-order valence-corrected chi connectivity index (χ0v) is 8.84. The Labute approximate surface area is 93.1 Å². The molecule has 0 unspecified atom stereocenters. The Morgan fingerprint density at radius 3 is 2.88 bits per heavy atom. The Morgan fingerprint density at radius 2 is 2.12 bits per heavy atom. The monoisotopic (exact) mass is 213 g/mol. The highest BCUT2D eigenvalue weighted by atomic mass is 16.4. The first-order chi connectivity index (χ1) is 7.66. The molecule has 2 rings (SSSR count). The van der Waals surface area contributed by atoms with E-state index in [9.17, 15) is 4.79 Å². The van der Waals surface area contributed by atoms with Crippen LogP contribution in [0.25, 0.3) is 16.5 Å². The van der Waals surface area contributed by atoms with Crippen molar-refractivity contribution >= 4 is 22.4 Å². The van der Waals surface area contributed by atoms with Gasteiger partial charge < -0.3 is 5.11 Å². The number of rotatable bonds is 2. The third-order valence-electron chi connectivity index (χ3n) is 2.39. The third-order valence-corrected chi connectivity index (χ3v) is 2.39. The second-order valence-electron chi connectivity index (χ2n) is 3.58. The molecule has 1 aromatic carbocycles. The Kier molecular flexibility index (Phi) is 2.68. The van der Waals surface area contributed by atoms with Crippen LogP contribution in [0.15, 0.2) is 42.6 Å². The van der Waals surface area contributed by atoms with Crippen LogP contribution in [0.1, 0.15) is 12.5 Å². The fourth-order valence-electron chi connectivity index (χ4n) is 1.56. The van der Waals surface area contributed by atoms with E-state index >= 15 is 0 Å². The summed E-state index contributed by atoms with van der Waals surface area (Å²) in [6, 6.07) is 9.69. The van der Waals surface area contributed by atoms with Gasteiger partial charge in [-0.15, -0.1) is 0 Å². The lowest BCUT2D eigenvalue weighted by Crippen LogP contribution is -1.91. The summed E-state index contributed by atoms with van der Waals surface area (Å²) in [4.78, 5) is 14.8. The number of carboxylic acids is 1. The normalized spacial score (nSPS) is 11.7. The summed E-state index contributed by atoms with van der Waals surface area (Å²) in [5.74, 6) is -0.939. The molecule has 16 heavy (non-hydrogen) atoms. The first-order valence-corrected chi connectivity index (χ1v) is 4.93. The van der Waals surface area contributed by atoms with E-state index in [1.54, 1.807) is 13.1 Å². The van der Waals surface area contributed by atoms with Gasteiger partial charge in [0.15, 0.2) is 0 Å². The van der Waals surface area contributed by atoms with Gasteiger partial charge in [0.25, 0.3) is 0 Å². The SMILES string of the molecule is CC(=CC(=O)O)c1cnc2ccccc2c1. The molecule has 2 aromatic rings. The molecule has 1 N–H and O–H groups in total. The number of para-hydroxylation sites is 1. The summed E-state index contributed by atoms with van der Waals surface area (Å²) >= 11 is 0. The molecule has 0 bridgehead atoms. The average molecular weight is 213 g/mol. The number of aromatic nitrogens is 1. The number of carbonyl (C=O) groups is 1. The Hall–Kier alpha value is -2.16. The second kappa shape index (κ2) is 4.14. The predicted molar refractivity (Wildman–Crippen MR) is 63.0 cm³/mol. The van der Waals surface area contributed by atoms with Crippen LogP contribution in [0.2, 0.25) is 0 Å². The molecule has 80 valence electrons. The van der Waals surface area contributed by atoms with Gasteiger partial charge in [0, 0.05) is 17.7 Å². The van der Waals surface area contributed by atoms with Gasteiger partial charge in [-0.05, 0) is 30.2 Å². The number of pyridine rings is 1. The van der Waals surface area contributed by atoms with Crippen LogP contribution in [0, 0.1) is 0 Å². The van der Waals surface area contributed by atoms with Crippen LogP contribution in [0.3, 0.4) is 0 Å². The maximum Gasteiger partial charge on any atom is 0.328 e. The van der Waals surface area contributed by atoms with Gasteiger partial charge in [-0.3, -0.25) is 4.98 Å². The summed E-state index contributed by atoms with van der Waals surface area (Å²) < 4.78 is 0. The molecular formula is C13H11NO2. The van der Waals surface area contributed by atoms with E-state index in [0.29, 0.717) is 5.57 Å².